The third-order valence-corrected chi connectivity index (χ3v) is 3.38. The number of hydrogen-bond acceptors (Lipinski definition) is 4. The number of nitrogens with one attached hydrogen (secondary N) is 1. The summed E-state index contributed by atoms with van der Waals surface area (Å²) in [5, 5.41) is 13.4. The predicted molar refractivity (Wildman–Crippen MR) is 78.2 cm³/mol. The average molecular weight is 332 g/mol. The Morgan fingerprint density at radius 2 is 2.14 bits per heavy atom. The van der Waals surface area contributed by atoms with Gasteiger partial charge in [0.25, 0.3) is 0 Å². The first kappa shape index (κ1) is 16.7. The van der Waals surface area contributed by atoms with Gasteiger partial charge in [-0.15, -0.1) is 0 Å². The van der Waals surface area contributed by atoms with E-state index < -0.39 is 12.7 Å². The van der Waals surface area contributed by atoms with E-state index in [1.165, 1.54) is 18.4 Å². The van der Waals surface area contributed by atoms with E-state index in [0.29, 0.717) is 16.3 Å². The molecule has 0 aliphatic heterocycles. The first-order chi connectivity index (χ1) is 10.5. The molecule has 0 amide bonds. The number of hydrogen-bond donors (Lipinski definition) is 2. The molecule has 2 aromatic rings. The van der Waals surface area contributed by atoms with Gasteiger partial charge >= 0.3 is 6.61 Å². The number of ether oxygens (including phenoxy) is 1. The van der Waals surface area contributed by atoms with Gasteiger partial charge in [0.05, 0.1) is 6.26 Å². The minimum absolute atomic E-state index is 0.0480. The van der Waals surface area contributed by atoms with Gasteiger partial charge in [0.15, 0.2) is 0 Å². The Morgan fingerprint density at radius 1 is 1.36 bits per heavy atom. The molecule has 7 heteroatoms. The van der Waals surface area contributed by atoms with Crippen LogP contribution in [0.3, 0.4) is 0 Å². The van der Waals surface area contributed by atoms with Crippen LogP contribution < -0.4 is 10.1 Å². The number of rotatable bonds is 7. The van der Waals surface area contributed by atoms with Crippen molar-refractivity contribution >= 4 is 11.6 Å². The van der Waals surface area contributed by atoms with Crippen LogP contribution in [0.4, 0.5) is 8.78 Å². The van der Waals surface area contributed by atoms with Crippen LogP contribution in [0.15, 0.2) is 41.0 Å². The summed E-state index contributed by atoms with van der Waals surface area (Å²) < 4.78 is 34.5. The largest absolute Gasteiger partial charge is 0.467 e. The highest BCUT2D eigenvalue weighted by Gasteiger charge is 2.17. The minimum Gasteiger partial charge on any atom is -0.467 e. The van der Waals surface area contributed by atoms with Crippen LogP contribution in [-0.2, 0) is 0 Å². The number of benzene rings is 1. The van der Waals surface area contributed by atoms with Crippen LogP contribution in [0.1, 0.15) is 30.4 Å². The van der Waals surface area contributed by atoms with Crippen LogP contribution in [0.2, 0.25) is 5.02 Å². The van der Waals surface area contributed by atoms with Crippen molar-refractivity contribution in [3.8, 4) is 5.75 Å². The van der Waals surface area contributed by atoms with Crippen molar-refractivity contribution in [2.45, 2.75) is 25.7 Å². The third kappa shape index (κ3) is 4.43. The molecule has 0 saturated heterocycles. The van der Waals surface area contributed by atoms with Crippen molar-refractivity contribution in [1.82, 2.24) is 5.32 Å². The molecule has 2 unspecified atom stereocenters. The summed E-state index contributed by atoms with van der Waals surface area (Å²) in [6, 6.07) is 7.40. The first-order valence-corrected chi connectivity index (χ1v) is 7.04. The highest BCUT2D eigenvalue weighted by Crippen LogP contribution is 2.30. The molecule has 2 atom stereocenters. The van der Waals surface area contributed by atoms with Crippen LogP contribution in [0.5, 0.6) is 5.75 Å². The molecule has 4 nitrogen and oxygen atoms in total. The average Bonchev–Trinajstić information content (AvgIpc) is 3.00. The Labute approximate surface area is 131 Å². The van der Waals surface area contributed by atoms with Crippen molar-refractivity contribution in [3.63, 3.8) is 0 Å². The van der Waals surface area contributed by atoms with Crippen molar-refractivity contribution in [1.29, 1.82) is 0 Å². The summed E-state index contributed by atoms with van der Waals surface area (Å²) in [6.45, 7) is -0.963. The summed E-state index contributed by atoms with van der Waals surface area (Å²) in [5.41, 5.74) is 0.486. The van der Waals surface area contributed by atoms with Crippen LogP contribution in [0, 0.1) is 0 Å². The van der Waals surface area contributed by atoms with Gasteiger partial charge in [0.2, 0.25) is 0 Å². The van der Waals surface area contributed by atoms with Gasteiger partial charge in [0.1, 0.15) is 17.6 Å². The molecule has 120 valence electrons. The van der Waals surface area contributed by atoms with E-state index in [2.05, 4.69) is 10.1 Å². The lowest BCUT2D eigenvalue weighted by atomic mass is 10.1. The SMILES string of the molecule is CC(NCC(O)c1ccco1)c1cc(Cl)ccc1OC(F)F. The Bertz CT molecular complexity index is 592. The lowest BCUT2D eigenvalue weighted by Gasteiger charge is -2.19. The van der Waals surface area contributed by atoms with Crippen LogP contribution in [-0.4, -0.2) is 18.3 Å². The van der Waals surface area contributed by atoms with Crippen LogP contribution >= 0.6 is 11.6 Å². The quantitative estimate of drug-likeness (QED) is 0.807. The molecule has 2 rings (SSSR count). The molecule has 0 saturated carbocycles. The second-order valence-electron chi connectivity index (χ2n) is 4.72. The zero-order valence-corrected chi connectivity index (χ0v) is 12.6. The van der Waals surface area contributed by atoms with Gasteiger partial charge in [-0.3, -0.25) is 0 Å². The van der Waals surface area contributed by atoms with Gasteiger partial charge in [-0.2, -0.15) is 8.78 Å². The second kappa shape index (κ2) is 7.58. The summed E-state index contributed by atoms with van der Waals surface area (Å²) in [7, 11) is 0. The predicted octanol–water partition coefficient (Wildman–Crippen LogP) is 3.92. The van der Waals surface area contributed by atoms with E-state index in [1.54, 1.807) is 25.1 Å². The van der Waals surface area contributed by atoms with Crippen molar-refractivity contribution < 1.29 is 23.0 Å². The molecule has 0 aliphatic rings. The number of furan rings is 1. The van der Waals surface area contributed by atoms with Gasteiger partial charge in [-0.25, -0.2) is 0 Å². The summed E-state index contributed by atoms with van der Waals surface area (Å²) in [5.74, 6) is 0.474. The number of aliphatic hydroxyl groups is 1. The fourth-order valence-corrected chi connectivity index (χ4v) is 2.22. The zero-order chi connectivity index (χ0) is 16.1. The number of halogens is 3. The van der Waals surface area contributed by atoms with Gasteiger partial charge < -0.3 is 19.6 Å². The molecule has 1 heterocycles. The highest BCUT2D eigenvalue weighted by atomic mass is 35.5. The molecule has 0 spiro atoms. The molecule has 22 heavy (non-hydrogen) atoms. The molecule has 0 bridgehead atoms. The summed E-state index contributed by atoms with van der Waals surface area (Å²) >= 11 is 5.91. The fourth-order valence-electron chi connectivity index (χ4n) is 2.04. The normalized spacial score (nSPS) is 14.1. The molecular weight excluding hydrogens is 316 g/mol. The lowest BCUT2D eigenvalue weighted by molar-refractivity contribution is -0.0507. The maximum atomic E-state index is 12.4. The smallest absolute Gasteiger partial charge is 0.387 e. The maximum absolute atomic E-state index is 12.4. The maximum Gasteiger partial charge on any atom is 0.387 e. The van der Waals surface area contributed by atoms with Crippen molar-refractivity contribution in [3.05, 3.63) is 52.9 Å². The summed E-state index contributed by atoms with van der Waals surface area (Å²) in [6.07, 6.45) is 0.629. The van der Waals surface area contributed by atoms with Crippen molar-refractivity contribution in [2.75, 3.05) is 6.54 Å². The fraction of sp³-hybridized carbons (Fsp3) is 0.333. The van der Waals surface area contributed by atoms with E-state index in [4.69, 9.17) is 16.0 Å². The molecule has 0 radical (unpaired) electrons. The number of alkyl halides is 2. The Kier molecular flexibility index (Phi) is 5.76. The summed E-state index contributed by atoms with van der Waals surface area (Å²) in [4.78, 5) is 0. The van der Waals surface area contributed by atoms with E-state index >= 15 is 0 Å². The lowest BCUT2D eigenvalue weighted by Crippen LogP contribution is -2.25. The van der Waals surface area contributed by atoms with Gasteiger partial charge in [-0.05, 0) is 37.3 Å². The van der Waals surface area contributed by atoms with Crippen LogP contribution in [0.25, 0.3) is 0 Å². The van der Waals surface area contributed by atoms with E-state index in [9.17, 15) is 13.9 Å². The van der Waals surface area contributed by atoms with E-state index in [1.807, 2.05) is 0 Å². The third-order valence-electron chi connectivity index (χ3n) is 3.14. The standard InChI is InChI=1S/C15H16ClF2NO3/c1-9(19-8-12(20)14-3-2-6-21-14)11-7-10(16)4-5-13(11)22-15(17)18/h2-7,9,12,15,19-20H,8H2,1H3. The topological polar surface area (TPSA) is 54.6 Å². The molecule has 0 aliphatic carbocycles. The van der Waals surface area contributed by atoms with Gasteiger partial charge in [-0.1, -0.05) is 11.6 Å². The van der Waals surface area contributed by atoms with E-state index in [-0.39, 0.29) is 18.3 Å². The molecule has 1 aromatic heterocycles. The zero-order valence-electron chi connectivity index (χ0n) is 11.8. The molecule has 2 N–H and O–H groups in total. The van der Waals surface area contributed by atoms with E-state index in [0.717, 1.165) is 0 Å². The second-order valence-corrected chi connectivity index (χ2v) is 5.16. The molecule has 0 fully saturated rings. The Hall–Kier alpha value is -1.63. The minimum atomic E-state index is -2.92. The Morgan fingerprint density at radius 3 is 2.77 bits per heavy atom. The molecule has 1 aromatic carbocycles. The monoisotopic (exact) mass is 331 g/mol. The molecular formula is C15H16ClF2NO3. The first-order valence-electron chi connectivity index (χ1n) is 6.66. The van der Waals surface area contributed by atoms with Crippen molar-refractivity contribution in [2.24, 2.45) is 0 Å². The highest BCUT2D eigenvalue weighted by molar-refractivity contribution is 6.30. The Balaban J connectivity index is 2.05. The van der Waals surface area contributed by atoms with Gasteiger partial charge in [0, 0.05) is 23.2 Å². The number of aliphatic hydroxyl groups excluding tert-OH is 1.